The topological polar surface area (TPSA) is 0 Å². The van der Waals surface area contributed by atoms with E-state index in [9.17, 15) is 0 Å². The molecule has 0 radical (unpaired) electrons. The van der Waals surface area contributed by atoms with Crippen molar-refractivity contribution in [3.8, 4) is 0 Å². The average molecular weight is 365 g/mol. The Morgan fingerprint density at radius 2 is 1.62 bits per heavy atom. The molecule has 0 spiro atoms. The van der Waals surface area contributed by atoms with E-state index in [0.717, 1.165) is 0 Å². The number of rotatable bonds is 1. The molecule has 0 aliphatic heterocycles. The molecule has 0 nitrogen and oxygen atoms in total. The Morgan fingerprint density at radius 3 is 1.77 bits per heavy atom. The third-order valence-electron chi connectivity index (χ3n) is 2.28. The molecule has 0 aromatic carbocycles. The van der Waals surface area contributed by atoms with E-state index in [1.54, 1.807) is 3.88 Å². The Hall–Kier alpha value is 1.37. The summed E-state index contributed by atoms with van der Waals surface area (Å²) in [7, 11) is 2.26. The first-order valence-corrected chi connectivity index (χ1v) is 15.4. The van der Waals surface area contributed by atoms with Crippen LogP contribution in [-0.4, -0.2) is 7.63 Å². The first kappa shape index (κ1) is 16.8. The monoisotopic (exact) mass is 363 g/mol. The maximum absolute atomic E-state index is 2.58. The van der Waals surface area contributed by atoms with E-state index in [2.05, 4.69) is 46.8 Å². The fourth-order valence-corrected chi connectivity index (χ4v) is 5.46. The second-order valence-electron chi connectivity index (χ2n) is 6.92. The minimum atomic E-state index is -2.58. The Morgan fingerprint density at radius 1 is 1.15 bits per heavy atom. The van der Waals surface area contributed by atoms with Crippen LogP contribution in [-0.2, 0) is 12.8 Å². The molecule has 79 valence electrons. The number of allylic oxidation sites excluding steroid dienone is 4. The van der Waals surface area contributed by atoms with Crippen molar-refractivity contribution in [3.05, 3.63) is 22.1 Å². The Bertz CT molecular complexity index is 317. The normalized spacial score (nSPS) is 20.5. The molecule has 1 rings (SSSR count). The van der Waals surface area contributed by atoms with Gasteiger partial charge in [-0.15, -0.1) is 34.0 Å². The fourth-order valence-electron chi connectivity index (χ4n) is 1.32. The summed E-state index contributed by atoms with van der Waals surface area (Å²) in [6.07, 6.45) is 8.01. The van der Waals surface area contributed by atoms with E-state index < -0.39 is 12.8 Å². The predicted octanol–water partition coefficient (Wildman–Crippen LogP) is 3.95. The molecular formula is C9H21Br2SiTi. The Balaban J connectivity index is 0. The van der Waals surface area contributed by atoms with E-state index in [0.29, 0.717) is 0 Å². The van der Waals surface area contributed by atoms with Crippen molar-refractivity contribution in [1.82, 2.24) is 0 Å². The van der Waals surface area contributed by atoms with Gasteiger partial charge in [-0.2, -0.15) is 0 Å². The summed E-state index contributed by atoms with van der Waals surface area (Å²) in [5.74, 6) is 0. The van der Waals surface area contributed by atoms with Gasteiger partial charge in [-0.3, -0.25) is 0 Å². The molecule has 0 heterocycles. The van der Waals surface area contributed by atoms with Gasteiger partial charge in [-0.05, 0) is 0 Å². The molecule has 0 unspecified atom stereocenters. The van der Waals surface area contributed by atoms with Gasteiger partial charge in [-0.1, -0.05) is 0 Å². The van der Waals surface area contributed by atoms with Crippen LogP contribution in [0.4, 0.5) is 0 Å². The van der Waals surface area contributed by atoms with Gasteiger partial charge >= 0.3 is 69.8 Å². The van der Waals surface area contributed by atoms with Crippen molar-refractivity contribution in [2.75, 3.05) is 0 Å². The summed E-state index contributed by atoms with van der Waals surface area (Å²) in [5, 5.41) is 9.99. The zero-order valence-corrected chi connectivity index (χ0v) is 15.4. The second-order valence-corrected chi connectivity index (χ2v) is 38.5. The molecule has 0 fully saturated rings. The maximum atomic E-state index is 2.50. The molecule has 0 saturated heterocycles. The minimum absolute atomic E-state index is 0. The van der Waals surface area contributed by atoms with E-state index in [-0.39, 0.29) is 34.0 Å². The standard InChI is InChI=1S/C5H5.4CH3.2BrH.H2Si.Ti/c1-2-4-5-3-1;;;;;;;;/h1-3H,4H2;4*1H3;2*1H;1H2;. The summed E-state index contributed by atoms with van der Waals surface area (Å²) in [6.45, 7) is 0. The molecule has 1 aliphatic rings. The van der Waals surface area contributed by atoms with Gasteiger partial charge in [0.25, 0.3) is 0 Å². The van der Waals surface area contributed by atoms with Crippen molar-refractivity contribution in [2.45, 2.75) is 27.3 Å². The van der Waals surface area contributed by atoms with Crippen molar-refractivity contribution >= 4 is 41.6 Å². The van der Waals surface area contributed by atoms with Gasteiger partial charge in [0.1, 0.15) is 0 Å². The third kappa shape index (κ3) is 5.12. The summed E-state index contributed by atoms with van der Waals surface area (Å²) in [5.41, 5.74) is 0. The number of hydrogen-bond acceptors (Lipinski definition) is 0. The molecule has 0 atom stereocenters. The molecule has 0 N–H and O–H groups in total. The van der Waals surface area contributed by atoms with Crippen LogP contribution in [0.2, 0.25) is 20.9 Å². The quantitative estimate of drug-likeness (QED) is 0.618. The Labute approximate surface area is 103 Å². The average Bonchev–Trinajstić information content (AvgIpc) is 2.01. The fraction of sp³-hybridized carbons (Fsp3) is 0.556. The predicted molar refractivity (Wildman–Crippen MR) is 74.5 cm³/mol. The van der Waals surface area contributed by atoms with Gasteiger partial charge in [0.05, 0.1) is 0 Å². The van der Waals surface area contributed by atoms with Crippen molar-refractivity contribution in [1.29, 1.82) is 0 Å². The van der Waals surface area contributed by atoms with Crippen LogP contribution in [0.15, 0.2) is 22.1 Å². The second kappa shape index (κ2) is 3.75. The van der Waals surface area contributed by atoms with Crippen molar-refractivity contribution in [2.24, 2.45) is 0 Å². The van der Waals surface area contributed by atoms with Crippen LogP contribution >= 0.6 is 34.0 Å². The Kier molecular flexibility index (Phi) is 4.84. The van der Waals surface area contributed by atoms with Crippen LogP contribution in [0.3, 0.4) is 0 Å². The summed E-state index contributed by atoms with van der Waals surface area (Å²) in [4.78, 5) is 0. The SMILES string of the molecule is Br.Br.[CH3][Ti]([CH3])([CH3])([CH3])(=[SiH2])[C]1=CC=CC1. The summed E-state index contributed by atoms with van der Waals surface area (Å²) in [6, 6.07) is 0. The molecule has 0 saturated carbocycles. The van der Waals surface area contributed by atoms with Gasteiger partial charge in [0, 0.05) is 0 Å². The van der Waals surface area contributed by atoms with E-state index in [1.165, 1.54) is 6.42 Å². The summed E-state index contributed by atoms with van der Waals surface area (Å²) >= 11 is -2.58. The van der Waals surface area contributed by atoms with Crippen molar-refractivity contribution in [3.63, 3.8) is 0 Å². The first-order chi connectivity index (χ1) is 4.59. The van der Waals surface area contributed by atoms with Gasteiger partial charge in [0.2, 0.25) is 0 Å². The van der Waals surface area contributed by atoms with Crippen LogP contribution < -0.4 is 0 Å². The molecule has 1 aliphatic carbocycles. The molecular weight excluding hydrogens is 344 g/mol. The van der Waals surface area contributed by atoms with Crippen LogP contribution in [0, 0.1) is 0 Å². The van der Waals surface area contributed by atoms with E-state index in [4.69, 9.17) is 0 Å². The zero-order chi connectivity index (χ0) is 8.81. The van der Waals surface area contributed by atoms with E-state index >= 15 is 0 Å². The number of hydrogen-bond donors (Lipinski definition) is 0. The number of halogens is 2. The van der Waals surface area contributed by atoms with Gasteiger partial charge in [-0.25, -0.2) is 0 Å². The zero-order valence-electron chi connectivity index (χ0n) is 8.96. The van der Waals surface area contributed by atoms with Gasteiger partial charge in [0.15, 0.2) is 0 Å². The molecule has 13 heavy (non-hydrogen) atoms. The van der Waals surface area contributed by atoms with Gasteiger partial charge < -0.3 is 0 Å². The van der Waals surface area contributed by atoms with Crippen LogP contribution in [0.5, 0.6) is 0 Å². The molecule has 0 bridgehead atoms. The third-order valence-corrected chi connectivity index (χ3v) is 9.45. The van der Waals surface area contributed by atoms with Crippen LogP contribution in [0.1, 0.15) is 6.42 Å². The molecule has 4 heteroatoms. The van der Waals surface area contributed by atoms with Crippen LogP contribution in [0.25, 0.3) is 0 Å². The first-order valence-electron chi connectivity index (χ1n) is 4.32. The molecule has 0 amide bonds. The van der Waals surface area contributed by atoms with E-state index in [1.807, 2.05) is 0 Å². The molecule has 0 aromatic heterocycles. The van der Waals surface area contributed by atoms with Crippen molar-refractivity contribution < 1.29 is 12.8 Å². The summed E-state index contributed by atoms with van der Waals surface area (Å²) < 4.78 is 1.71. The molecule has 0 aromatic rings.